The third-order valence-corrected chi connectivity index (χ3v) is 4.77. The topological polar surface area (TPSA) is 20.2 Å². The predicted octanol–water partition coefficient (Wildman–Crippen LogP) is 6.66. The summed E-state index contributed by atoms with van der Waals surface area (Å²) < 4.78 is 177. The van der Waals surface area contributed by atoms with Crippen LogP contribution in [0.3, 0.4) is 0 Å². The molecule has 0 heterocycles. The van der Waals surface area contributed by atoms with Gasteiger partial charge in [0.25, 0.3) is 0 Å². The van der Waals surface area contributed by atoms with Gasteiger partial charge >= 0.3 is 35.8 Å². The molecule has 14 heteroatoms. The van der Waals surface area contributed by atoms with E-state index < -0.39 is 52.5 Å². The number of benzene rings is 2. The average Bonchev–Trinajstić information content (AvgIpc) is 2.72. The van der Waals surface area contributed by atoms with E-state index in [9.17, 15) is 62.2 Å². The van der Waals surface area contributed by atoms with E-state index in [4.69, 9.17) is 0 Å². The molecular formula is C19H11F13O. The van der Waals surface area contributed by atoms with Crippen molar-refractivity contribution < 1.29 is 62.2 Å². The minimum atomic E-state index is -8.06. The van der Waals surface area contributed by atoms with Crippen LogP contribution >= 0.6 is 0 Å². The summed E-state index contributed by atoms with van der Waals surface area (Å²) >= 11 is 0. The van der Waals surface area contributed by atoms with Gasteiger partial charge in [-0.1, -0.05) is 60.7 Å². The molecule has 2 rings (SSSR count). The second kappa shape index (κ2) is 7.77. The zero-order valence-corrected chi connectivity index (χ0v) is 15.6. The van der Waals surface area contributed by atoms with Gasteiger partial charge in [-0.25, -0.2) is 0 Å². The van der Waals surface area contributed by atoms with Gasteiger partial charge in [-0.3, -0.25) is 0 Å². The van der Waals surface area contributed by atoms with E-state index in [0.717, 1.165) is 36.4 Å². The van der Waals surface area contributed by atoms with Crippen LogP contribution in [-0.4, -0.2) is 40.9 Å². The van der Waals surface area contributed by atoms with Gasteiger partial charge in [0.15, 0.2) is 5.60 Å². The molecule has 0 aliphatic carbocycles. The smallest absolute Gasteiger partial charge is 0.374 e. The lowest BCUT2D eigenvalue weighted by atomic mass is 9.76. The van der Waals surface area contributed by atoms with E-state index in [1.165, 1.54) is 0 Å². The second-order valence-corrected chi connectivity index (χ2v) is 6.81. The number of hydrogen-bond donors (Lipinski definition) is 1. The summed E-state index contributed by atoms with van der Waals surface area (Å²) in [5, 5.41) is 10.6. The minimum absolute atomic E-state index is 0.498. The van der Waals surface area contributed by atoms with E-state index >= 15 is 0 Å². The first-order valence-corrected chi connectivity index (χ1v) is 8.50. The Morgan fingerprint density at radius 3 is 0.970 bits per heavy atom. The first-order valence-electron chi connectivity index (χ1n) is 8.50. The van der Waals surface area contributed by atoms with Crippen molar-refractivity contribution in [2.24, 2.45) is 0 Å². The number of halogens is 13. The van der Waals surface area contributed by atoms with E-state index in [1.807, 2.05) is 0 Å². The molecule has 0 spiro atoms. The van der Waals surface area contributed by atoms with Gasteiger partial charge in [0.1, 0.15) is 0 Å². The van der Waals surface area contributed by atoms with E-state index in [0.29, 0.717) is 24.3 Å². The molecular weight excluding hydrogens is 491 g/mol. The quantitative estimate of drug-likeness (QED) is 0.420. The van der Waals surface area contributed by atoms with Crippen LogP contribution in [-0.2, 0) is 5.60 Å². The SMILES string of the molecule is OC(c1ccccc1)(c1ccccc1)C(F)(F)C(F)(F)C(F)(F)C(F)(F)C(F)(F)C(F)(F)F. The zero-order valence-electron chi connectivity index (χ0n) is 15.6. The highest BCUT2D eigenvalue weighted by Crippen LogP contribution is 2.63. The maximum atomic E-state index is 15.0. The van der Waals surface area contributed by atoms with Crippen molar-refractivity contribution in [3.63, 3.8) is 0 Å². The third-order valence-electron chi connectivity index (χ3n) is 4.77. The maximum absolute atomic E-state index is 15.0. The number of alkyl halides is 13. The molecule has 1 N–H and O–H groups in total. The van der Waals surface area contributed by atoms with Crippen LogP contribution in [0.4, 0.5) is 57.1 Å². The average molecular weight is 502 g/mol. The Labute approximate surface area is 176 Å². The Morgan fingerprint density at radius 2 is 0.667 bits per heavy atom. The molecule has 0 atom stereocenters. The van der Waals surface area contributed by atoms with Crippen LogP contribution in [0.15, 0.2) is 60.7 Å². The van der Waals surface area contributed by atoms with Gasteiger partial charge in [-0.2, -0.15) is 57.1 Å². The van der Waals surface area contributed by atoms with E-state index in [1.54, 1.807) is 0 Å². The lowest BCUT2D eigenvalue weighted by Crippen LogP contribution is -2.73. The molecule has 33 heavy (non-hydrogen) atoms. The van der Waals surface area contributed by atoms with Crippen molar-refractivity contribution in [1.82, 2.24) is 0 Å². The highest BCUT2D eigenvalue weighted by Gasteiger charge is 2.92. The van der Waals surface area contributed by atoms with Crippen LogP contribution in [0.25, 0.3) is 0 Å². The molecule has 0 radical (unpaired) electrons. The third kappa shape index (κ3) is 3.53. The van der Waals surface area contributed by atoms with Gasteiger partial charge < -0.3 is 5.11 Å². The highest BCUT2D eigenvalue weighted by atomic mass is 19.4. The first kappa shape index (κ1) is 26.7. The summed E-state index contributed by atoms with van der Waals surface area (Å²) in [4.78, 5) is 0. The molecule has 2 aromatic carbocycles. The Hall–Kier alpha value is -2.51. The van der Waals surface area contributed by atoms with Crippen molar-refractivity contribution >= 4 is 0 Å². The summed E-state index contributed by atoms with van der Waals surface area (Å²) in [5.74, 6) is -38.3. The summed E-state index contributed by atoms with van der Waals surface area (Å²) in [6, 6.07) is 7.58. The Kier molecular flexibility index (Phi) is 6.30. The van der Waals surface area contributed by atoms with Crippen molar-refractivity contribution in [1.29, 1.82) is 0 Å². The van der Waals surface area contributed by atoms with Gasteiger partial charge in [0.05, 0.1) is 0 Å². The molecule has 0 saturated carbocycles. The number of rotatable bonds is 7. The highest BCUT2D eigenvalue weighted by molar-refractivity contribution is 5.40. The van der Waals surface area contributed by atoms with Crippen LogP contribution < -0.4 is 0 Å². The Bertz CT molecular complexity index is 913. The monoisotopic (exact) mass is 502 g/mol. The zero-order chi connectivity index (χ0) is 25.7. The summed E-state index contributed by atoms with van der Waals surface area (Å²) in [6.45, 7) is 0. The van der Waals surface area contributed by atoms with Gasteiger partial charge in [-0.05, 0) is 11.1 Å². The molecule has 0 aliphatic heterocycles. The fourth-order valence-electron chi connectivity index (χ4n) is 2.88. The van der Waals surface area contributed by atoms with Gasteiger partial charge in [0.2, 0.25) is 0 Å². The van der Waals surface area contributed by atoms with Crippen molar-refractivity contribution in [3.8, 4) is 0 Å². The van der Waals surface area contributed by atoms with Crippen LogP contribution in [0.5, 0.6) is 0 Å². The largest absolute Gasteiger partial charge is 0.460 e. The Morgan fingerprint density at radius 1 is 0.394 bits per heavy atom. The normalized spacial score (nSPS) is 15.0. The number of hydrogen-bond acceptors (Lipinski definition) is 1. The maximum Gasteiger partial charge on any atom is 0.460 e. The van der Waals surface area contributed by atoms with Gasteiger partial charge in [-0.15, -0.1) is 0 Å². The lowest BCUT2D eigenvalue weighted by Gasteiger charge is -2.45. The summed E-state index contributed by atoms with van der Waals surface area (Å²) in [5.41, 5.74) is -7.13. The van der Waals surface area contributed by atoms with Crippen LogP contribution in [0.2, 0.25) is 0 Å². The lowest BCUT2D eigenvalue weighted by molar-refractivity contribution is -0.448. The summed E-state index contributed by atoms with van der Waals surface area (Å²) in [7, 11) is 0. The molecule has 0 aromatic heterocycles. The second-order valence-electron chi connectivity index (χ2n) is 6.81. The minimum Gasteiger partial charge on any atom is -0.374 e. The van der Waals surface area contributed by atoms with Crippen molar-refractivity contribution in [3.05, 3.63) is 71.8 Å². The Balaban J connectivity index is 2.82. The molecule has 0 fully saturated rings. The summed E-state index contributed by atoms with van der Waals surface area (Å²) in [6.07, 6.45) is -7.51. The van der Waals surface area contributed by atoms with Crippen LogP contribution in [0.1, 0.15) is 11.1 Å². The molecule has 184 valence electrons. The van der Waals surface area contributed by atoms with Gasteiger partial charge in [0, 0.05) is 0 Å². The predicted molar refractivity (Wildman–Crippen MR) is 86.7 cm³/mol. The van der Waals surface area contributed by atoms with Crippen molar-refractivity contribution in [2.45, 2.75) is 41.4 Å². The fraction of sp³-hybridized carbons (Fsp3) is 0.368. The molecule has 0 aliphatic rings. The van der Waals surface area contributed by atoms with Crippen molar-refractivity contribution in [2.75, 3.05) is 0 Å². The molecule has 0 amide bonds. The van der Waals surface area contributed by atoms with E-state index in [2.05, 4.69) is 0 Å². The number of aliphatic hydroxyl groups is 1. The molecule has 1 nitrogen and oxygen atoms in total. The molecule has 0 unspecified atom stereocenters. The fourth-order valence-corrected chi connectivity index (χ4v) is 2.88. The van der Waals surface area contributed by atoms with Crippen LogP contribution in [0, 0.1) is 0 Å². The molecule has 0 bridgehead atoms. The first-order chi connectivity index (χ1) is 14.7. The standard InChI is InChI=1S/C19H11F13O/c20-14(21,13(33,11-7-3-1-4-8-11)12-9-5-2-6-10-12)15(22,23)16(24,25)17(26,27)18(28,29)19(30,31)32/h1-10,33H. The molecule has 0 saturated heterocycles. The molecule has 2 aromatic rings. The van der Waals surface area contributed by atoms with E-state index in [-0.39, 0.29) is 0 Å².